The zero-order chi connectivity index (χ0) is 20.2. The zero-order valence-electron chi connectivity index (χ0n) is 15.7. The fourth-order valence-corrected chi connectivity index (χ4v) is 5.47. The van der Waals surface area contributed by atoms with Crippen LogP contribution in [0.5, 0.6) is 0 Å². The van der Waals surface area contributed by atoms with E-state index in [4.69, 9.17) is 12.2 Å². The van der Waals surface area contributed by atoms with Crippen LogP contribution in [0.25, 0.3) is 21.3 Å². The van der Waals surface area contributed by atoms with Crippen LogP contribution in [0.2, 0.25) is 0 Å². The van der Waals surface area contributed by atoms with Crippen molar-refractivity contribution < 1.29 is 4.79 Å². The quantitative estimate of drug-likeness (QED) is 0.366. The van der Waals surface area contributed by atoms with Gasteiger partial charge in [-0.25, -0.2) is 4.98 Å². The van der Waals surface area contributed by atoms with Crippen LogP contribution < -0.4 is 5.32 Å². The smallest absolute Gasteiger partial charge is 0.221 e. The number of thiophene rings is 2. The summed E-state index contributed by atoms with van der Waals surface area (Å²) in [4.78, 5) is 20.2. The van der Waals surface area contributed by atoms with E-state index in [-0.39, 0.29) is 5.91 Å². The molecule has 4 heterocycles. The second kappa shape index (κ2) is 9.12. The molecule has 0 aliphatic carbocycles. The van der Waals surface area contributed by atoms with Crippen molar-refractivity contribution in [3.05, 3.63) is 49.7 Å². The molecule has 0 radical (unpaired) electrons. The molecule has 0 aliphatic rings. The van der Waals surface area contributed by atoms with Crippen LogP contribution in [0.15, 0.2) is 35.0 Å². The highest BCUT2D eigenvalue weighted by atomic mass is 32.1. The maximum Gasteiger partial charge on any atom is 0.221 e. The number of thiazole rings is 1. The average Bonchev–Trinajstić information content (AvgIpc) is 3.48. The number of nitrogens with one attached hydrogen (secondary N) is 2. The van der Waals surface area contributed by atoms with Gasteiger partial charge in [0.05, 0.1) is 20.5 Å². The Bertz CT molecular complexity index is 1150. The van der Waals surface area contributed by atoms with Gasteiger partial charge in [-0.05, 0) is 49.1 Å². The number of amides is 1. The monoisotopic (exact) mass is 461 g/mol. The van der Waals surface area contributed by atoms with Crippen LogP contribution >= 0.6 is 46.2 Å². The van der Waals surface area contributed by atoms with Crippen LogP contribution in [-0.2, 0) is 17.8 Å². The Morgan fingerprint density at radius 1 is 1.28 bits per heavy atom. The minimum absolute atomic E-state index is 0.0112. The number of nitrogens with zero attached hydrogens (tertiary/aromatic N) is 3. The number of carbonyl (C=O) groups is 1. The molecule has 4 aromatic rings. The Kier molecular flexibility index (Phi) is 6.34. The van der Waals surface area contributed by atoms with Crippen molar-refractivity contribution in [3.63, 3.8) is 0 Å². The van der Waals surface area contributed by atoms with E-state index in [1.807, 2.05) is 29.0 Å². The zero-order valence-corrected chi connectivity index (χ0v) is 18.9. The van der Waals surface area contributed by atoms with E-state index in [9.17, 15) is 4.79 Å². The first-order chi connectivity index (χ1) is 14.1. The van der Waals surface area contributed by atoms with Crippen LogP contribution in [0.1, 0.15) is 16.3 Å². The molecule has 2 N–H and O–H groups in total. The number of hydrogen-bond donors (Lipinski definition) is 2. The predicted octanol–water partition coefficient (Wildman–Crippen LogP) is 4.91. The second-order valence-electron chi connectivity index (χ2n) is 6.35. The van der Waals surface area contributed by atoms with E-state index in [0.29, 0.717) is 24.3 Å². The lowest BCUT2D eigenvalue weighted by atomic mass is 10.3. The van der Waals surface area contributed by atoms with Crippen LogP contribution in [-0.4, -0.2) is 32.2 Å². The molecule has 6 nitrogen and oxygen atoms in total. The van der Waals surface area contributed by atoms with Gasteiger partial charge >= 0.3 is 0 Å². The third kappa shape index (κ3) is 4.89. The fraction of sp³-hybridized carbons (Fsp3) is 0.263. The van der Waals surface area contributed by atoms with Gasteiger partial charge in [-0.2, -0.15) is 5.10 Å². The molecule has 29 heavy (non-hydrogen) atoms. The van der Waals surface area contributed by atoms with Gasteiger partial charge in [0.1, 0.15) is 0 Å². The van der Waals surface area contributed by atoms with E-state index in [0.717, 1.165) is 27.8 Å². The van der Waals surface area contributed by atoms with Gasteiger partial charge in [0.15, 0.2) is 10.6 Å². The SMILES string of the molecule is Cc1nc(-c2ccc(CCNC(=O)CCn3c(-c4cccs4)n[nH]c3=S)s2)cs1. The summed E-state index contributed by atoms with van der Waals surface area (Å²) in [6, 6.07) is 8.18. The summed E-state index contributed by atoms with van der Waals surface area (Å²) < 4.78 is 2.41. The Labute approximate surface area is 185 Å². The van der Waals surface area contributed by atoms with Crippen molar-refractivity contribution >= 4 is 52.1 Å². The van der Waals surface area contributed by atoms with Gasteiger partial charge in [-0.15, -0.1) is 34.0 Å². The van der Waals surface area contributed by atoms with E-state index in [1.165, 1.54) is 9.75 Å². The van der Waals surface area contributed by atoms with Gasteiger partial charge in [0, 0.05) is 29.8 Å². The largest absolute Gasteiger partial charge is 0.356 e. The molecule has 0 fully saturated rings. The number of H-pyrrole nitrogens is 1. The maximum atomic E-state index is 12.3. The first kappa shape index (κ1) is 20.1. The average molecular weight is 462 g/mol. The Balaban J connectivity index is 1.27. The third-order valence-electron chi connectivity index (χ3n) is 4.29. The predicted molar refractivity (Wildman–Crippen MR) is 122 cm³/mol. The van der Waals surface area contributed by atoms with E-state index < -0.39 is 0 Å². The van der Waals surface area contributed by atoms with Gasteiger partial charge in [-0.1, -0.05) is 6.07 Å². The topological polar surface area (TPSA) is 75.6 Å². The van der Waals surface area contributed by atoms with Gasteiger partial charge in [0.2, 0.25) is 5.91 Å². The Morgan fingerprint density at radius 2 is 2.17 bits per heavy atom. The summed E-state index contributed by atoms with van der Waals surface area (Å²) >= 11 is 10.3. The highest BCUT2D eigenvalue weighted by Crippen LogP contribution is 2.29. The summed E-state index contributed by atoms with van der Waals surface area (Å²) in [5.41, 5.74) is 1.03. The number of hydrogen-bond acceptors (Lipinski definition) is 7. The van der Waals surface area contributed by atoms with Crippen molar-refractivity contribution in [2.24, 2.45) is 0 Å². The summed E-state index contributed by atoms with van der Waals surface area (Å²) in [6.45, 7) is 3.13. The lowest BCUT2D eigenvalue weighted by molar-refractivity contribution is -0.121. The van der Waals surface area contributed by atoms with Crippen molar-refractivity contribution in [2.75, 3.05) is 6.54 Å². The van der Waals surface area contributed by atoms with Gasteiger partial charge in [-0.3, -0.25) is 14.5 Å². The van der Waals surface area contributed by atoms with Gasteiger partial charge < -0.3 is 5.32 Å². The summed E-state index contributed by atoms with van der Waals surface area (Å²) in [5.74, 6) is 0.790. The molecule has 4 aromatic heterocycles. The normalized spacial score (nSPS) is 11.1. The first-order valence-corrected chi connectivity index (χ1v) is 12.1. The molecular formula is C19H19N5OS4. The number of aromatic nitrogens is 4. The van der Waals surface area contributed by atoms with Crippen molar-refractivity contribution in [2.45, 2.75) is 26.3 Å². The minimum atomic E-state index is 0.0112. The van der Waals surface area contributed by atoms with E-state index >= 15 is 0 Å². The molecule has 0 bridgehead atoms. The van der Waals surface area contributed by atoms with E-state index in [2.05, 4.69) is 38.0 Å². The molecule has 4 rings (SSSR count). The van der Waals surface area contributed by atoms with Crippen LogP contribution in [0, 0.1) is 11.7 Å². The second-order valence-corrected chi connectivity index (χ2v) is 9.91. The maximum absolute atomic E-state index is 12.3. The molecule has 10 heteroatoms. The van der Waals surface area contributed by atoms with Gasteiger partial charge in [0.25, 0.3) is 0 Å². The Morgan fingerprint density at radius 3 is 2.93 bits per heavy atom. The van der Waals surface area contributed by atoms with Crippen LogP contribution in [0.3, 0.4) is 0 Å². The third-order valence-corrected chi connectivity index (χ3v) is 7.41. The molecule has 0 saturated carbocycles. The molecule has 1 amide bonds. The van der Waals surface area contributed by atoms with Crippen molar-refractivity contribution in [1.82, 2.24) is 25.1 Å². The number of carbonyl (C=O) groups excluding carboxylic acids is 1. The Hall–Kier alpha value is -2.14. The molecule has 0 saturated heterocycles. The fourth-order valence-electron chi connectivity index (χ4n) is 2.87. The first-order valence-electron chi connectivity index (χ1n) is 9.07. The number of rotatable bonds is 8. The lowest BCUT2D eigenvalue weighted by Crippen LogP contribution is -2.26. The lowest BCUT2D eigenvalue weighted by Gasteiger charge is -2.07. The molecule has 0 aliphatic heterocycles. The minimum Gasteiger partial charge on any atom is -0.356 e. The molecular weight excluding hydrogens is 443 g/mol. The highest BCUT2D eigenvalue weighted by molar-refractivity contribution is 7.71. The summed E-state index contributed by atoms with van der Waals surface area (Å²) in [5, 5.41) is 15.3. The number of aryl methyl sites for hydroxylation is 1. The van der Waals surface area contributed by atoms with Crippen molar-refractivity contribution in [1.29, 1.82) is 0 Å². The highest BCUT2D eigenvalue weighted by Gasteiger charge is 2.12. The van der Waals surface area contributed by atoms with E-state index in [1.54, 1.807) is 34.0 Å². The summed E-state index contributed by atoms with van der Waals surface area (Å²) in [7, 11) is 0. The van der Waals surface area contributed by atoms with Crippen molar-refractivity contribution in [3.8, 4) is 21.3 Å². The molecule has 0 atom stereocenters. The van der Waals surface area contributed by atoms with Crippen LogP contribution in [0.4, 0.5) is 0 Å². The number of aromatic amines is 1. The summed E-state index contributed by atoms with van der Waals surface area (Å²) in [6.07, 6.45) is 1.17. The molecule has 0 aromatic carbocycles. The molecule has 0 unspecified atom stereocenters. The molecule has 0 spiro atoms. The molecule has 150 valence electrons. The standard InChI is InChI=1S/C19H19N5OS4/c1-12-21-14(11-28-12)15-5-4-13(29-15)6-8-20-17(25)7-9-24-18(22-23-19(24)26)16-3-2-10-27-16/h2-5,10-11H,6-9H2,1H3,(H,20,25)(H,23,26).